The molecule has 0 fully saturated rings. The molecule has 5 nitrogen and oxygen atoms in total. The van der Waals surface area contributed by atoms with Gasteiger partial charge in [-0.25, -0.2) is 0 Å². The van der Waals surface area contributed by atoms with E-state index in [0.717, 1.165) is 0 Å². The molecule has 0 aliphatic rings. The SMILES string of the molecule is COc1cc(C(=O)CCC(=O)c2ccccn2)ccc1O. The number of phenolic OH excluding ortho intramolecular Hbond substituents is 1. The lowest BCUT2D eigenvalue weighted by atomic mass is 10.0. The highest BCUT2D eigenvalue weighted by Gasteiger charge is 2.13. The van der Waals surface area contributed by atoms with Crippen LogP contribution in [0.1, 0.15) is 33.7 Å². The van der Waals surface area contributed by atoms with Gasteiger partial charge in [0.05, 0.1) is 7.11 Å². The number of hydrogen-bond acceptors (Lipinski definition) is 5. The quantitative estimate of drug-likeness (QED) is 0.826. The maximum Gasteiger partial charge on any atom is 0.181 e. The van der Waals surface area contributed by atoms with E-state index < -0.39 is 0 Å². The van der Waals surface area contributed by atoms with Crippen LogP contribution < -0.4 is 4.74 Å². The second-order valence-electron chi connectivity index (χ2n) is 4.45. The van der Waals surface area contributed by atoms with Crippen LogP contribution in [0.15, 0.2) is 42.6 Å². The molecule has 1 aromatic carbocycles. The normalized spacial score (nSPS) is 10.1. The van der Waals surface area contributed by atoms with Gasteiger partial charge in [0.25, 0.3) is 0 Å². The molecule has 0 spiro atoms. The summed E-state index contributed by atoms with van der Waals surface area (Å²) in [5, 5.41) is 9.48. The van der Waals surface area contributed by atoms with E-state index in [4.69, 9.17) is 4.74 Å². The van der Waals surface area contributed by atoms with Crippen LogP contribution >= 0.6 is 0 Å². The number of pyridine rings is 1. The Morgan fingerprint density at radius 2 is 1.90 bits per heavy atom. The average molecular weight is 285 g/mol. The Bertz CT molecular complexity index is 653. The minimum Gasteiger partial charge on any atom is -0.504 e. The van der Waals surface area contributed by atoms with Crippen molar-refractivity contribution in [1.82, 2.24) is 4.98 Å². The fourth-order valence-electron chi connectivity index (χ4n) is 1.88. The van der Waals surface area contributed by atoms with Gasteiger partial charge in [0.15, 0.2) is 23.1 Å². The van der Waals surface area contributed by atoms with Crippen LogP contribution in [0.2, 0.25) is 0 Å². The van der Waals surface area contributed by atoms with Crippen LogP contribution in [0.25, 0.3) is 0 Å². The van der Waals surface area contributed by atoms with Crippen molar-refractivity contribution in [1.29, 1.82) is 0 Å². The van der Waals surface area contributed by atoms with Crippen molar-refractivity contribution in [3.05, 3.63) is 53.9 Å². The minimum absolute atomic E-state index is 0.0291. The summed E-state index contributed by atoms with van der Waals surface area (Å²) in [6.07, 6.45) is 1.72. The number of benzene rings is 1. The maximum absolute atomic E-state index is 12.1. The third-order valence-corrected chi connectivity index (χ3v) is 3.03. The van der Waals surface area contributed by atoms with Gasteiger partial charge >= 0.3 is 0 Å². The van der Waals surface area contributed by atoms with E-state index >= 15 is 0 Å². The molecule has 5 heteroatoms. The Kier molecular flexibility index (Phi) is 4.66. The first-order valence-electron chi connectivity index (χ1n) is 6.46. The summed E-state index contributed by atoms with van der Waals surface area (Å²) in [6.45, 7) is 0. The summed E-state index contributed by atoms with van der Waals surface area (Å²) in [5.74, 6) is -0.150. The van der Waals surface area contributed by atoms with E-state index in [0.29, 0.717) is 11.3 Å². The molecule has 0 atom stereocenters. The number of ether oxygens (including phenoxy) is 1. The molecule has 1 N–H and O–H groups in total. The third-order valence-electron chi connectivity index (χ3n) is 3.03. The minimum atomic E-state index is -0.183. The van der Waals surface area contributed by atoms with Crippen molar-refractivity contribution in [3.8, 4) is 11.5 Å². The van der Waals surface area contributed by atoms with E-state index in [-0.39, 0.29) is 35.9 Å². The molecule has 0 unspecified atom stereocenters. The average Bonchev–Trinajstić information content (AvgIpc) is 2.53. The molecule has 1 aromatic heterocycles. The number of carbonyl (C=O) groups is 2. The summed E-state index contributed by atoms with van der Waals surface area (Å²) in [6, 6.07) is 9.44. The number of rotatable bonds is 6. The zero-order chi connectivity index (χ0) is 15.2. The molecule has 0 aliphatic heterocycles. The van der Waals surface area contributed by atoms with E-state index in [9.17, 15) is 14.7 Å². The van der Waals surface area contributed by atoms with Crippen molar-refractivity contribution in [2.24, 2.45) is 0 Å². The van der Waals surface area contributed by atoms with Crippen LogP contribution in [0, 0.1) is 0 Å². The van der Waals surface area contributed by atoms with Crippen molar-refractivity contribution in [2.75, 3.05) is 7.11 Å². The number of aromatic hydroxyl groups is 1. The number of carbonyl (C=O) groups excluding carboxylic acids is 2. The lowest BCUT2D eigenvalue weighted by molar-refractivity contribution is 0.0915. The van der Waals surface area contributed by atoms with Gasteiger partial charge < -0.3 is 9.84 Å². The second kappa shape index (κ2) is 6.65. The number of nitrogens with zero attached hydrogens (tertiary/aromatic N) is 1. The van der Waals surface area contributed by atoms with Crippen LogP contribution in [0.5, 0.6) is 11.5 Å². The lowest BCUT2D eigenvalue weighted by Crippen LogP contribution is -2.06. The Morgan fingerprint density at radius 1 is 1.14 bits per heavy atom. The molecule has 2 aromatic rings. The summed E-state index contributed by atoms with van der Waals surface area (Å²) < 4.78 is 4.95. The molecular formula is C16H15NO4. The molecule has 0 bridgehead atoms. The van der Waals surface area contributed by atoms with E-state index in [2.05, 4.69) is 4.98 Å². The maximum atomic E-state index is 12.1. The molecule has 0 saturated carbocycles. The van der Waals surface area contributed by atoms with E-state index in [1.807, 2.05) is 0 Å². The van der Waals surface area contributed by atoms with Crippen molar-refractivity contribution >= 4 is 11.6 Å². The molecule has 0 radical (unpaired) electrons. The highest BCUT2D eigenvalue weighted by atomic mass is 16.5. The number of phenols is 1. The summed E-state index contributed by atoms with van der Waals surface area (Å²) in [4.78, 5) is 27.9. The standard InChI is InChI=1S/C16H15NO4/c1-21-16-10-11(5-6-15(16)20)13(18)7-8-14(19)12-4-2-3-9-17-12/h2-6,9-10,20H,7-8H2,1H3. The fraction of sp³-hybridized carbons (Fsp3) is 0.188. The summed E-state index contributed by atoms with van der Waals surface area (Å²) in [7, 11) is 1.41. The second-order valence-corrected chi connectivity index (χ2v) is 4.45. The Hall–Kier alpha value is -2.69. The Balaban J connectivity index is 2.00. The molecule has 108 valence electrons. The van der Waals surface area contributed by atoms with Gasteiger partial charge in [-0.2, -0.15) is 0 Å². The van der Waals surface area contributed by atoms with Crippen molar-refractivity contribution in [3.63, 3.8) is 0 Å². The first-order chi connectivity index (χ1) is 10.1. The fourth-order valence-corrected chi connectivity index (χ4v) is 1.88. The highest BCUT2D eigenvalue weighted by Crippen LogP contribution is 2.26. The van der Waals surface area contributed by atoms with Crippen molar-refractivity contribution < 1.29 is 19.4 Å². The summed E-state index contributed by atoms with van der Waals surface area (Å²) in [5.41, 5.74) is 0.757. The number of ketones is 2. The Morgan fingerprint density at radius 3 is 2.57 bits per heavy atom. The van der Waals surface area contributed by atoms with Gasteiger partial charge in [-0.05, 0) is 30.3 Å². The molecule has 1 heterocycles. The van der Waals surface area contributed by atoms with Gasteiger partial charge in [-0.15, -0.1) is 0 Å². The van der Waals surface area contributed by atoms with Crippen LogP contribution in [0.3, 0.4) is 0 Å². The zero-order valence-corrected chi connectivity index (χ0v) is 11.6. The van der Waals surface area contributed by atoms with Crippen LogP contribution in [0.4, 0.5) is 0 Å². The first-order valence-corrected chi connectivity index (χ1v) is 6.46. The largest absolute Gasteiger partial charge is 0.504 e. The zero-order valence-electron chi connectivity index (χ0n) is 11.6. The smallest absolute Gasteiger partial charge is 0.181 e. The highest BCUT2D eigenvalue weighted by molar-refractivity contribution is 6.01. The number of Topliss-reactive ketones (excluding diaryl/α,β-unsaturated/α-hetero) is 2. The van der Waals surface area contributed by atoms with E-state index in [1.54, 1.807) is 24.4 Å². The topological polar surface area (TPSA) is 76.5 Å². The summed E-state index contributed by atoms with van der Waals surface area (Å²) >= 11 is 0. The van der Waals surface area contributed by atoms with Gasteiger partial charge in [-0.3, -0.25) is 14.6 Å². The third kappa shape index (κ3) is 3.66. The monoisotopic (exact) mass is 285 g/mol. The molecule has 0 amide bonds. The van der Waals surface area contributed by atoms with Crippen LogP contribution in [-0.2, 0) is 0 Å². The van der Waals surface area contributed by atoms with Crippen LogP contribution in [-0.4, -0.2) is 28.8 Å². The number of methoxy groups -OCH3 is 1. The van der Waals surface area contributed by atoms with Gasteiger partial charge in [0, 0.05) is 24.6 Å². The first kappa shape index (κ1) is 14.7. The predicted octanol–water partition coefficient (Wildman–Crippen LogP) is 2.64. The molecule has 0 aliphatic carbocycles. The Labute approximate surface area is 122 Å². The van der Waals surface area contributed by atoms with E-state index in [1.165, 1.54) is 25.3 Å². The number of aromatic nitrogens is 1. The van der Waals surface area contributed by atoms with Gasteiger partial charge in [-0.1, -0.05) is 6.07 Å². The molecular weight excluding hydrogens is 270 g/mol. The predicted molar refractivity (Wildman–Crippen MR) is 76.8 cm³/mol. The van der Waals surface area contributed by atoms with Crippen molar-refractivity contribution in [2.45, 2.75) is 12.8 Å². The molecule has 0 saturated heterocycles. The lowest BCUT2D eigenvalue weighted by Gasteiger charge is -2.06. The van der Waals surface area contributed by atoms with Gasteiger partial charge in [0.1, 0.15) is 5.69 Å². The van der Waals surface area contributed by atoms with Gasteiger partial charge in [0.2, 0.25) is 0 Å². The molecule has 21 heavy (non-hydrogen) atoms. The number of hydrogen-bond donors (Lipinski definition) is 1. The molecule has 2 rings (SSSR count).